The first kappa shape index (κ1) is 18.9. The van der Waals surface area contributed by atoms with E-state index in [0.717, 1.165) is 11.2 Å². The van der Waals surface area contributed by atoms with Crippen LogP contribution in [0.15, 0.2) is 66.0 Å². The van der Waals surface area contributed by atoms with Crippen LogP contribution in [0.5, 0.6) is 0 Å². The van der Waals surface area contributed by atoms with E-state index in [0.29, 0.717) is 35.9 Å². The molecule has 0 spiro atoms. The van der Waals surface area contributed by atoms with E-state index in [2.05, 4.69) is 24.9 Å². The maximum Gasteiger partial charge on any atom is 0.270 e. The van der Waals surface area contributed by atoms with Gasteiger partial charge in [0.05, 0.1) is 29.8 Å². The number of anilines is 1. The SMILES string of the molecule is CCN(Cc1ncnc2nc[nH]c12)c1nc2cccc(F)c2c(=O)n1-c1ccccc1. The number of fused-ring (bicyclic) bond motifs is 2. The van der Waals surface area contributed by atoms with Crippen molar-refractivity contribution in [3.05, 3.63) is 83.1 Å². The molecule has 5 rings (SSSR count). The van der Waals surface area contributed by atoms with Crippen molar-refractivity contribution in [3.63, 3.8) is 0 Å². The lowest BCUT2D eigenvalue weighted by Crippen LogP contribution is -2.32. The fraction of sp³-hybridized carbons (Fsp3) is 0.136. The van der Waals surface area contributed by atoms with Crippen molar-refractivity contribution in [1.82, 2.24) is 29.5 Å². The van der Waals surface area contributed by atoms with Crippen LogP contribution in [0.2, 0.25) is 0 Å². The molecule has 0 amide bonds. The number of nitrogens with zero attached hydrogens (tertiary/aromatic N) is 6. The van der Waals surface area contributed by atoms with Gasteiger partial charge in [-0.05, 0) is 31.2 Å². The van der Waals surface area contributed by atoms with Gasteiger partial charge < -0.3 is 9.88 Å². The summed E-state index contributed by atoms with van der Waals surface area (Å²) >= 11 is 0. The van der Waals surface area contributed by atoms with E-state index in [-0.39, 0.29) is 5.39 Å². The molecular formula is C22H18FN7O. The van der Waals surface area contributed by atoms with Gasteiger partial charge in [0.1, 0.15) is 23.0 Å². The third kappa shape index (κ3) is 3.20. The van der Waals surface area contributed by atoms with Gasteiger partial charge in [-0.2, -0.15) is 0 Å². The monoisotopic (exact) mass is 415 g/mol. The number of imidazole rings is 1. The minimum atomic E-state index is -0.593. The Balaban J connectivity index is 1.74. The van der Waals surface area contributed by atoms with E-state index in [4.69, 9.17) is 0 Å². The van der Waals surface area contributed by atoms with Gasteiger partial charge in [0, 0.05) is 6.54 Å². The summed E-state index contributed by atoms with van der Waals surface area (Å²) in [5, 5.41) is -0.0378. The van der Waals surface area contributed by atoms with Crippen molar-refractivity contribution in [2.45, 2.75) is 13.5 Å². The smallest absolute Gasteiger partial charge is 0.270 e. The molecule has 9 heteroatoms. The average Bonchev–Trinajstić information content (AvgIpc) is 3.27. The summed E-state index contributed by atoms with van der Waals surface area (Å²) in [6, 6.07) is 13.6. The topological polar surface area (TPSA) is 92.6 Å². The van der Waals surface area contributed by atoms with Crippen LogP contribution in [-0.4, -0.2) is 36.0 Å². The molecule has 0 radical (unpaired) electrons. The molecule has 0 aliphatic carbocycles. The highest BCUT2D eigenvalue weighted by atomic mass is 19.1. The molecule has 0 aliphatic heterocycles. The normalized spacial score (nSPS) is 11.3. The highest BCUT2D eigenvalue weighted by Crippen LogP contribution is 2.23. The lowest BCUT2D eigenvalue weighted by atomic mass is 10.2. The van der Waals surface area contributed by atoms with Crippen LogP contribution < -0.4 is 10.5 Å². The van der Waals surface area contributed by atoms with E-state index in [9.17, 15) is 9.18 Å². The molecule has 2 aromatic carbocycles. The molecule has 5 aromatic rings. The Bertz CT molecular complexity index is 1450. The van der Waals surface area contributed by atoms with Crippen molar-refractivity contribution in [2.24, 2.45) is 0 Å². The van der Waals surface area contributed by atoms with Gasteiger partial charge in [-0.1, -0.05) is 24.3 Å². The number of para-hydroxylation sites is 1. The molecule has 0 atom stereocenters. The van der Waals surface area contributed by atoms with E-state index >= 15 is 0 Å². The zero-order chi connectivity index (χ0) is 21.4. The minimum Gasteiger partial charge on any atom is -0.342 e. The lowest BCUT2D eigenvalue weighted by molar-refractivity contribution is 0.636. The molecule has 0 fully saturated rings. The second-order valence-electron chi connectivity index (χ2n) is 6.96. The number of hydrogen-bond acceptors (Lipinski definition) is 6. The van der Waals surface area contributed by atoms with Crippen LogP contribution in [0.1, 0.15) is 12.6 Å². The second kappa shape index (κ2) is 7.60. The van der Waals surface area contributed by atoms with Crippen LogP contribution in [0.3, 0.4) is 0 Å². The predicted molar refractivity (Wildman–Crippen MR) is 116 cm³/mol. The van der Waals surface area contributed by atoms with Gasteiger partial charge >= 0.3 is 0 Å². The van der Waals surface area contributed by atoms with Crippen LogP contribution in [-0.2, 0) is 6.54 Å². The Morgan fingerprint density at radius 1 is 1.06 bits per heavy atom. The van der Waals surface area contributed by atoms with Crippen LogP contribution in [0.4, 0.5) is 10.3 Å². The molecule has 0 aliphatic rings. The Kier molecular flexibility index (Phi) is 4.62. The first-order valence-electron chi connectivity index (χ1n) is 9.82. The van der Waals surface area contributed by atoms with E-state index in [1.807, 2.05) is 30.0 Å². The molecule has 1 N–H and O–H groups in total. The molecule has 0 saturated heterocycles. The summed E-state index contributed by atoms with van der Waals surface area (Å²) in [7, 11) is 0. The predicted octanol–water partition coefficient (Wildman–Crippen LogP) is 3.22. The minimum absolute atomic E-state index is 0.0378. The quantitative estimate of drug-likeness (QED) is 0.474. The molecule has 0 saturated carbocycles. The van der Waals surface area contributed by atoms with Crippen molar-refractivity contribution >= 4 is 28.0 Å². The third-order valence-electron chi connectivity index (χ3n) is 5.15. The van der Waals surface area contributed by atoms with Gasteiger partial charge in [-0.3, -0.25) is 4.79 Å². The fourth-order valence-corrected chi connectivity index (χ4v) is 3.64. The Morgan fingerprint density at radius 3 is 2.71 bits per heavy atom. The van der Waals surface area contributed by atoms with Crippen molar-refractivity contribution < 1.29 is 4.39 Å². The zero-order valence-corrected chi connectivity index (χ0v) is 16.7. The Labute approximate surface area is 176 Å². The van der Waals surface area contributed by atoms with Crippen LogP contribution in [0, 0.1) is 5.82 Å². The number of halogens is 1. The largest absolute Gasteiger partial charge is 0.342 e. The maximum atomic E-state index is 14.5. The van der Waals surface area contributed by atoms with E-state index in [1.165, 1.54) is 17.0 Å². The summed E-state index contributed by atoms with van der Waals surface area (Å²) in [5.74, 6) is -0.188. The molecule has 8 nitrogen and oxygen atoms in total. The van der Waals surface area contributed by atoms with Crippen molar-refractivity contribution in [3.8, 4) is 5.69 Å². The third-order valence-corrected chi connectivity index (χ3v) is 5.15. The molecule has 154 valence electrons. The fourth-order valence-electron chi connectivity index (χ4n) is 3.64. The Hall–Kier alpha value is -4.14. The number of H-pyrrole nitrogens is 1. The number of benzene rings is 2. The number of hydrogen-bond donors (Lipinski definition) is 1. The Morgan fingerprint density at radius 2 is 1.90 bits per heavy atom. The van der Waals surface area contributed by atoms with Gasteiger partial charge in [-0.25, -0.2) is 28.9 Å². The second-order valence-corrected chi connectivity index (χ2v) is 6.96. The lowest BCUT2D eigenvalue weighted by Gasteiger charge is -2.25. The summed E-state index contributed by atoms with van der Waals surface area (Å²) in [6.07, 6.45) is 3.02. The maximum absolute atomic E-state index is 14.5. The molecule has 0 unspecified atom stereocenters. The zero-order valence-electron chi connectivity index (χ0n) is 16.7. The van der Waals surface area contributed by atoms with Crippen LogP contribution >= 0.6 is 0 Å². The first-order chi connectivity index (χ1) is 15.2. The number of aromatic nitrogens is 6. The van der Waals surface area contributed by atoms with E-state index in [1.54, 1.807) is 30.6 Å². The molecule has 31 heavy (non-hydrogen) atoms. The van der Waals surface area contributed by atoms with Gasteiger partial charge in [0.25, 0.3) is 5.56 Å². The summed E-state index contributed by atoms with van der Waals surface area (Å²) in [5.41, 5.74) is 2.46. The van der Waals surface area contributed by atoms with Gasteiger partial charge in [0.15, 0.2) is 5.65 Å². The number of nitrogens with one attached hydrogen (secondary N) is 1. The molecule has 3 aromatic heterocycles. The highest BCUT2D eigenvalue weighted by molar-refractivity contribution is 5.80. The van der Waals surface area contributed by atoms with E-state index < -0.39 is 11.4 Å². The molecular weight excluding hydrogens is 397 g/mol. The van der Waals surface area contributed by atoms with Gasteiger partial charge in [0.2, 0.25) is 5.95 Å². The van der Waals surface area contributed by atoms with Crippen molar-refractivity contribution in [2.75, 3.05) is 11.4 Å². The summed E-state index contributed by atoms with van der Waals surface area (Å²) in [4.78, 5) is 35.8. The number of aromatic amines is 1. The summed E-state index contributed by atoms with van der Waals surface area (Å²) < 4.78 is 16.0. The highest BCUT2D eigenvalue weighted by Gasteiger charge is 2.21. The summed E-state index contributed by atoms with van der Waals surface area (Å²) in [6.45, 7) is 2.86. The van der Waals surface area contributed by atoms with Crippen molar-refractivity contribution in [1.29, 1.82) is 0 Å². The average molecular weight is 415 g/mol. The molecule has 0 bridgehead atoms. The van der Waals surface area contributed by atoms with Crippen LogP contribution in [0.25, 0.3) is 27.8 Å². The first-order valence-corrected chi connectivity index (χ1v) is 9.82. The van der Waals surface area contributed by atoms with Gasteiger partial charge in [-0.15, -0.1) is 0 Å². The standard InChI is InChI=1S/C22H18FN7O/c1-2-29(11-17-19-20(26-12-24-17)27-13-25-19)22-28-16-10-6-9-15(23)18(16)21(31)30(22)14-7-4-3-5-8-14/h3-10,12-13H,2,11H2,1H3,(H,24,25,26,27). The molecule has 3 heterocycles. The number of rotatable bonds is 5.